The first-order valence-electron chi connectivity index (χ1n) is 6.34. The summed E-state index contributed by atoms with van der Waals surface area (Å²) in [5.41, 5.74) is 6.00. The van der Waals surface area contributed by atoms with Crippen LogP contribution in [0.5, 0.6) is 0 Å². The lowest BCUT2D eigenvalue weighted by Gasteiger charge is -2.06. The van der Waals surface area contributed by atoms with Crippen LogP contribution in [-0.4, -0.2) is 9.52 Å². The van der Waals surface area contributed by atoms with Crippen molar-refractivity contribution >= 4 is 14.7 Å². The molecule has 0 unspecified atom stereocenters. The Balaban J connectivity index is 2.05. The molecule has 0 spiro atoms. The summed E-state index contributed by atoms with van der Waals surface area (Å²) in [5, 5.41) is 1.58. The van der Waals surface area contributed by atoms with Crippen LogP contribution in [0.3, 0.4) is 0 Å². The predicted molar refractivity (Wildman–Crippen MR) is 75.2 cm³/mol. The topological polar surface area (TPSA) is 0 Å². The summed E-state index contributed by atoms with van der Waals surface area (Å²) in [5.74, 6) is 0. The van der Waals surface area contributed by atoms with Crippen LogP contribution in [0.4, 0.5) is 0 Å². The van der Waals surface area contributed by atoms with Gasteiger partial charge in [-0.2, -0.15) is 0 Å². The van der Waals surface area contributed by atoms with Gasteiger partial charge in [-0.15, -0.1) is 0 Å². The van der Waals surface area contributed by atoms with E-state index in [4.69, 9.17) is 0 Å². The second-order valence-corrected chi connectivity index (χ2v) is 5.98. The van der Waals surface area contributed by atoms with E-state index in [0.29, 0.717) is 0 Å². The largest absolute Gasteiger partial charge is 0.0812 e. The normalized spacial score (nSPS) is 12.3. The minimum Gasteiger partial charge on any atom is -0.0657 e. The monoisotopic (exact) mass is 236 g/mol. The quantitative estimate of drug-likeness (QED) is 0.611. The Morgan fingerprint density at radius 2 is 1.82 bits per heavy atom. The van der Waals surface area contributed by atoms with Gasteiger partial charge in [0.1, 0.15) is 0 Å². The second kappa shape index (κ2) is 4.50. The molecule has 0 heterocycles. The summed E-state index contributed by atoms with van der Waals surface area (Å²) < 4.78 is 0. The van der Waals surface area contributed by atoms with E-state index >= 15 is 0 Å². The number of benzene rings is 2. The Kier molecular flexibility index (Phi) is 2.85. The molecule has 84 valence electrons. The summed E-state index contributed by atoms with van der Waals surface area (Å²) in [6, 6.07) is 17.0. The lowest BCUT2D eigenvalue weighted by Crippen LogP contribution is -2.18. The molecule has 0 atom stereocenters. The standard InChI is InChI=1S/C16H16Si/c1-2-10-17-16-9-5-8-14-13-7-4-3-6-12(13)11-15(14)16/h3-9H,2,10-11H2,1H3. The van der Waals surface area contributed by atoms with Gasteiger partial charge in [-0.05, 0) is 28.7 Å². The molecule has 0 aliphatic heterocycles. The van der Waals surface area contributed by atoms with Gasteiger partial charge in [0.05, 0.1) is 9.52 Å². The first-order valence-corrected chi connectivity index (χ1v) is 7.55. The average molecular weight is 236 g/mol. The Morgan fingerprint density at radius 3 is 2.71 bits per heavy atom. The van der Waals surface area contributed by atoms with E-state index in [1.54, 1.807) is 10.8 Å². The predicted octanol–water partition coefficient (Wildman–Crippen LogP) is 3.42. The van der Waals surface area contributed by atoms with Crippen LogP contribution in [0.25, 0.3) is 11.1 Å². The van der Waals surface area contributed by atoms with Crippen molar-refractivity contribution in [3.63, 3.8) is 0 Å². The molecule has 1 heteroatoms. The van der Waals surface area contributed by atoms with Crippen molar-refractivity contribution in [2.75, 3.05) is 0 Å². The highest BCUT2D eigenvalue weighted by molar-refractivity contribution is 6.54. The molecule has 1 aliphatic carbocycles. The highest BCUT2D eigenvalue weighted by Gasteiger charge is 2.19. The molecule has 2 aromatic rings. The van der Waals surface area contributed by atoms with E-state index in [2.05, 4.69) is 49.4 Å². The summed E-state index contributed by atoms with van der Waals surface area (Å²) in [6.07, 6.45) is 2.42. The van der Waals surface area contributed by atoms with Crippen LogP contribution in [0.15, 0.2) is 42.5 Å². The third-order valence-electron chi connectivity index (χ3n) is 3.42. The van der Waals surface area contributed by atoms with E-state index in [-0.39, 0.29) is 0 Å². The third-order valence-corrected chi connectivity index (χ3v) is 5.02. The lowest BCUT2D eigenvalue weighted by atomic mass is 10.1. The first kappa shape index (κ1) is 10.8. The van der Waals surface area contributed by atoms with Gasteiger partial charge in [0.2, 0.25) is 0 Å². The number of rotatable bonds is 3. The fourth-order valence-corrected chi connectivity index (χ4v) is 3.75. The highest BCUT2D eigenvalue weighted by atomic mass is 28.2. The summed E-state index contributed by atoms with van der Waals surface area (Å²) in [7, 11) is 0.974. The molecule has 0 bridgehead atoms. The molecular formula is C16H16Si. The van der Waals surface area contributed by atoms with Crippen LogP contribution in [0, 0.1) is 0 Å². The fraction of sp³-hybridized carbons (Fsp3) is 0.250. The van der Waals surface area contributed by atoms with Crippen molar-refractivity contribution in [1.82, 2.24) is 0 Å². The molecule has 2 radical (unpaired) electrons. The van der Waals surface area contributed by atoms with Crippen molar-refractivity contribution < 1.29 is 0 Å². The van der Waals surface area contributed by atoms with Crippen LogP contribution in [0.1, 0.15) is 24.5 Å². The van der Waals surface area contributed by atoms with Gasteiger partial charge < -0.3 is 0 Å². The molecule has 2 aromatic carbocycles. The van der Waals surface area contributed by atoms with Crippen molar-refractivity contribution in [1.29, 1.82) is 0 Å². The van der Waals surface area contributed by atoms with Crippen LogP contribution < -0.4 is 5.19 Å². The van der Waals surface area contributed by atoms with E-state index in [9.17, 15) is 0 Å². The SMILES string of the molecule is CCC[Si]c1cccc2c1Cc1ccccc1-2. The molecule has 0 aromatic heterocycles. The van der Waals surface area contributed by atoms with Gasteiger partial charge in [-0.1, -0.05) is 67.0 Å². The first-order chi connectivity index (χ1) is 8.40. The van der Waals surface area contributed by atoms with Gasteiger partial charge in [0.25, 0.3) is 0 Å². The van der Waals surface area contributed by atoms with Gasteiger partial charge in [-0.3, -0.25) is 0 Å². The van der Waals surface area contributed by atoms with Gasteiger partial charge in [-0.25, -0.2) is 0 Å². The van der Waals surface area contributed by atoms with Crippen molar-refractivity contribution in [2.45, 2.75) is 25.8 Å². The maximum Gasteiger partial charge on any atom is 0.0812 e. The molecule has 0 amide bonds. The highest BCUT2D eigenvalue weighted by Crippen LogP contribution is 2.34. The molecular weight excluding hydrogens is 220 g/mol. The van der Waals surface area contributed by atoms with Gasteiger partial charge in [0.15, 0.2) is 0 Å². The van der Waals surface area contributed by atoms with Crippen LogP contribution in [0.2, 0.25) is 6.04 Å². The number of hydrogen-bond donors (Lipinski definition) is 0. The zero-order chi connectivity index (χ0) is 11.7. The molecule has 0 N–H and O–H groups in total. The minimum absolute atomic E-state index is 0.974. The van der Waals surface area contributed by atoms with Gasteiger partial charge >= 0.3 is 0 Å². The number of hydrogen-bond acceptors (Lipinski definition) is 0. The third kappa shape index (κ3) is 1.85. The lowest BCUT2D eigenvalue weighted by molar-refractivity contribution is 1.08. The smallest absolute Gasteiger partial charge is 0.0657 e. The van der Waals surface area contributed by atoms with Crippen molar-refractivity contribution in [3.05, 3.63) is 53.6 Å². The van der Waals surface area contributed by atoms with Crippen LogP contribution >= 0.6 is 0 Å². The zero-order valence-electron chi connectivity index (χ0n) is 10.2. The van der Waals surface area contributed by atoms with Crippen molar-refractivity contribution in [2.24, 2.45) is 0 Å². The molecule has 3 rings (SSSR count). The maximum atomic E-state index is 2.32. The molecule has 0 fully saturated rings. The molecule has 1 aliphatic rings. The van der Waals surface area contributed by atoms with Crippen LogP contribution in [-0.2, 0) is 6.42 Å². The maximum absolute atomic E-state index is 2.32. The van der Waals surface area contributed by atoms with E-state index in [1.165, 1.54) is 29.2 Å². The van der Waals surface area contributed by atoms with E-state index in [1.807, 2.05) is 0 Å². The molecule has 0 saturated carbocycles. The molecule has 0 nitrogen and oxygen atoms in total. The second-order valence-electron chi connectivity index (χ2n) is 4.59. The van der Waals surface area contributed by atoms with Gasteiger partial charge in [0, 0.05) is 0 Å². The van der Waals surface area contributed by atoms with E-state index < -0.39 is 0 Å². The average Bonchev–Trinajstić information content (AvgIpc) is 2.75. The summed E-state index contributed by atoms with van der Waals surface area (Å²) in [4.78, 5) is 0. The molecule has 0 saturated heterocycles. The summed E-state index contributed by atoms with van der Waals surface area (Å²) in [6.45, 7) is 2.27. The Morgan fingerprint density at radius 1 is 1.00 bits per heavy atom. The molecule has 17 heavy (non-hydrogen) atoms. The number of fused-ring (bicyclic) bond motifs is 3. The Bertz CT molecular complexity index is 543. The fourth-order valence-electron chi connectivity index (χ4n) is 2.58. The Labute approximate surface area is 106 Å². The van der Waals surface area contributed by atoms with E-state index in [0.717, 1.165) is 15.9 Å². The minimum atomic E-state index is 0.974. The zero-order valence-corrected chi connectivity index (χ0v) is 11.2. The Hall–Kier alpha value is -1.34. The summed E-state index contributed by atoms with van der Waals surface area (Å²) >= 11 is 0. The van der Waals surface area contributed by atoms with Crippen molar-refractivity contribution in [3.8, 4) is 11.1 Å².